The topological polar surface area (TPSA) is 117 Å². The van der Waals surface area contributed by atoms with Crippen LogP contribution in [0.3, 0.4) is 0 Å². The van der Waals surface area contributed by atoms with Gasteiger partial charge in [-0.3, -0.25) is 9.48 Å². The molecule has 3 unspecified atom stereocenters. The molecule has 0 amide bonds. The molecule has 1 aliphatic heterocycles. The van der Waals surface area contributed by atoms with Gasteiger partial charge in [-0.25, -0.2) is 9.48 Å². The number of aromatic amines is 1. The van der Waals surface area contributed by atoms with Crippen molar-refractivity contribution >= 4 is 5.97 Å². The zero-order chi connectivity index (χ0) is 28.1. The molecule has 1 aliphatic rings. The Hall–Kier alpha value is -4.05. The number of H-pyrrole nitrogens is 1. The molecule has 0 bridgehead atoms. The highest BCUT2D eigenvalue weighted by molar-refractivity contribution is 5.80. The standard InChI is InChI=1S/C30H36N6O4/c1-4-8-27(40-19-28(37)39-5-2)26-16-11-20(3)35-18-23(30(38)36(26)35)17-21-12-14-22(15-13-21)24-9-6-7-10-25(24)29-31-33-34-32-29/h6-7,9-10,12-15,18,20,26-27H,4-5,8,11,16-17,19H2,1-3H3,(H,31,32,33,34). The third-order valence-electron chi connectivity index (χ3n) is 7.56. The lowest BCUT2D eigenvalue weighted by Gasteiger charge is -2.35. The maximum Gasteiger partial charge on any atom is 0.332 e. The van der Waals surface area contributed by atoms with Crippen LogP contribution in [0.1, 0.15) is 69.7 Å². The highest BCUT2D eigenvalue weighted by atomic mass is 16.6. The largest absolute Gasteiger partial charge is 0.464 e. The van der Waals surface area contributed by atoms with E-state index in [1.807, 2.05) is 35.1 Å². The van der Waals surface area contributed by atoms with E-state index in [-0.39, 0.29) is 36.3 Å². The third-order valence-corrected chi connectivity index (χ3v) is 7.56. The number of nitrogens with one attached hydrogen (secondary N) is 1. The van der Waals surface area contributed by atoms with Crippen LogP contribution in [0.25, 0.3) is 22.5 Å². The zero-order valence-electron chi connectivity index (χ0n) is 23.2. The molecule has 10 heteroatoms. The molecule has 2 aromatic heterocycles. The van der Waals surface area contributed by atoms with Crippen LogP contribution in [0.15, 0.2) is 59.5 Å². The van der Waals surface area contributed by atoms with Gasteiger partial charge in [-0.2, -0.15) is 5.21 Å². The van der Waals surface area contributed by atoms with Crippen LogP contribution in [0.5, 0.6) is 0 Å². The minimum atomic E-state index is -0.375. The molecule has 4 aromatic rings. The highest BCUT2D eigenvalue weighted by Gasteiger charge is 2.33. The molecule has 0 radical (unpaired) electrons. The molecule has 0 saturated carbocycles. The number of aromatic nitrogens is 6. The van der Waals surface area contributed by atoms with Crippen LogP contribution in [0.2, 0.25) is 0 Å². The fourth-order valence-corrected chi connectivity index (χ4v) is 5.60. The van der Waals surface area contributed by atoms with Crippen molar-refractivity contribution in [2.75, 3.05) is 13.2 Å². The summed E-state index contributed by atoms with van der Waals surface area (Å²) in [5, 5.41) is 14.5. The van der Waals surface area contributed by atoms with Crippen molar-refractivity contribution in [1.82, 2.24) is 30.0 Å². The Morgan fingerprint density at radius 1 is 1.10 bits per heavy atom. The number of rotatable bonds is 11. The van der Waals surface area contributed by atoms with Gasteiger partial charge in [0.2, 0.25) is 5.82 Å². The van der Waals surface area contributed by atoms with Crippen molar-refractivity contribution < 1.29 is 14.3 Å². The molecule has 210 valence electrons. The number of tetrazole rings is 1. The molecule has 10 nitrogen and oxygen atoms in total. The van der Waals surface area contributed by atoms with E-state index >= 15 is 0 Å². The Labute approximate surface area is 233 Å². The second-order valence-corrected chi connectivity index (χ2v) is 10.3. The number of hydrogen-bond donors (Lipinski definition) is 1. The highest BCUT2D eigenvalue weighted by Crippen LogP contribution is 2.33. The van der Waals surface area contributed by atoms with Crippen LogP contribution in [-0.2, 0) is 20.7 Å². The van der Waals surface area contributed by atoms with Gasteiger partial charge >= 0.3 is 5.97 Å². The summed E-state index contributed by atoms with van der Waals surface area (Å²) in [7, 11) is 0. The second-order valence-electron chi connectivity index (χ2n) is 10.3. The lowest BCUT2D eigenvalue weighted by molar-refractivity contribution is -0.152. The van der Waals surface area contributed by atoms with E-state index in [0.717, 1.165) is 53.5 Å². The number of carbonyl (C=O) groups excluding carboxylic acids is 1. The first kappa shape index (κ1) is 27.5. The maximum atomic E-state index is 13.8. The van der Waals surface area contributed by atoms with E-state index in [9.17, 15) is 9.59 Å². The first-order valence-electron chi connectivity index (χ1n) is 14.0. The number of benzene rings is 2. The van der Waals surface area contributed by atoms with Crippen molar-refractivity contribution in [3.05, 3.63) is 76.2 Å². The molecule has 0 spiro atoms. The molecular weight excluding hydrogens is 508 g/mol. The van der Waals surface area contributed by atoms with Crippen LogP contribution in [0, 0.1) is 0 Å². The molecule has 1 N–H and O–H groups in total. The van der Waals surface area contributed by atoms with Gasteiger partial charge in [0.25, 0.3) is 5.56 Å². The summed E-state index contributed by atoms with van der Waals surface area (Å²) >= 11 is 0. The fourth-order valence-electron chi connectivity index (χ4n) is 5.60. The van der Waals surface area contributed by atoms with E-state index in [1.54, 1.807) is 6.92 Å². The molecule has 2 aromatic carbocycles. The predicted molar refractivity (Wildman–Crippen MR) is 151 cm³/mol. The van der Waals surface area contributed by atoms with E-state index in [4.69, 9.17) is 9.47 Å². The fraction of sp³-hybridized carbons (Fsp3) is 0.433. The van der Waals surface area contributed by atoms with Crippen molar-refractivity contribution in [2.24, 2.45) is 0 Å². The monoisotopic (exact) mass is 544 g/mol. The minimum absolute atomic E-state index is 0.00363. The first-order chi connectivity index (χ1) is 19.5. The summed E-state index contributed by atoms with van der Waals surface area (Å²) in [5.74, 6) is 0.169. The van der Waals surface area contributed by atoms with Gasteiger partial charge in [-0.05, 0) is 55.0 Å². The van der Waals surface area contributed by atoms with Crippen LogP contribution < -0.4 is 5.56 Å². The average Bonchev–Trinajstić information content (AvgIpc) is 3.62. The summed E-state index contributed by atoms with van der Waals surface area (Å²) in [6, 6.07) is 16.3. The van der Waals surface area contributed by atoms with Crippen molar-refractivity contribution in [3.63, 3.8) is 0 Å². The summed E-state index contributed by atoms with van der Waals surface area (Å²) in [5.41, 5.74) is 4.75. The Balaban J connectivity index is 1.38. The molecule has 3 atom stereocenters. The van der Waals surface area contributed by atoms with Gasteiger partial charge in [0, 0.05) is 29.8 Å². The van der Waals surface area contributed by atoms with Crippen molar-refractivity contribution in [1.29, 1.82) is 0 Å². The van der Waals surface area contributed by atoms with E-state index in [0.29, 0.717) is 18.9 Å². The number of carbonyl (C=O) groups is 1. The predicted octanol–water partition coefficient (Wildman–Crippen LogP) is 4.73. The Kier molecular flexibility index (Phi) is 8.54. The van der Waals surface area contributed by atoms with Gasteiger partial charge in [-0.15, -0.1) is 10.2 Å². The van der Waals surface area contributed by atoms with Gasteiger partial charge in [0.15, 0.2) is 0 Å². The summed E-state index contributed by atoms with van der Waals surface area (Å²) in [6.07, 6.45) is 5.71. The SMILES string of the molecule is CCCC(OCC(=O)OCC)C1CCC(C)n2cc(Cc3ccc(-c4ccccc4-c4nn[nH]n4)cc3)c(=O)n21. The lowest BCUT2D eigenvalue weighted by Crippen LogP contribution is -2.41. The Morgan fingerprint density at radius 2 is 1.88 bits per heavy atom. The van der Waals surface area contributed by atoms with Crippen LogP contribution in [0.4, 0.5) is 0 Å². The smallest absolute Gasteiger partial charge is 0.332 e. The van der Waals surface area contributed by atoms with E-state index in [1.165, 1.54) is 0 Å². The normalized spacial score (nSPS) is 17.4. The van der Waals surface area contributed by atoms with Crippen molar-refractivity contribution in [2.45, 2.75) is 71.1 Å². The Bertz CT molecular complexity index is 1470. The molecule has 0 saturated heterocycles. The Morgan fingerprint density at radius 3 is 2.58 bits per heavy atom. The average molecular weight is 545 g/mol. The molecule has 40 heavy (non-hydrogen) atoms. The summed E-state index contributed by atoms with van der Waals surface area (Å²) in [4.78, 5) is 25.7. The lowest BCUT2D eigenvalue weighted by atomic mass is 9.97. The minimum Gasteiger partial charge on any atom is -0.464 e. The maximum absolute atomic E-state index is 13.8. The summed E-state index contributed by atoms with van der Waals surface area (Å²) < 4.78 is 15.0. The summed E-state index contributed by atoms with van der Waals surface area (Å²) in [6.45, 7) is 6.22. The number of hydrogen-bond acceptors (Lipinski definition) is 7. The van der Waals surface area contributed by atoms with Gasteiger partial charge in [0.05, 0.1) is 18.8 Å². The second kappa shape index (κ2) is 12.4. The molecule has 5 rings (SSSR count). The quantitative estimate of drug-likeness (QED) is 0.271. The van der Waals surface area contributed by atoms with Gasteiger partial charge in [-0.1, -0.05) is 61.9 Å². The third kappa shape index (κ3) is 5.77. The van der Waals surface area contributed by atoms with E-state index in [2.05, 4.69) is 63.4 Å². The zero-order valence-corrected chi connectivity index (χ0v) is 23.2. The number of ether oxygens (including phenoxy) is 2. The molecule has 3 heterocycles. The van der Waals surface area contributed by atoms with Gasteiger partial charge in [0.1, 0.15) is 6.61 Å². The molecule has 0 fully saturated rings. The van der Waals surface area contributed by atoms with E-state index < -0.39 is 0 Å². The van der Waals surface area contributed by atoms with Crippen LogP contribution >= 0.6 is 0 Å². The number of esters is 1. The first-order valence-corrected chi connectivity index (χ1v) is 14.0. The van der Waals surface area contributed by atoms with Gasteiger partial charge < -0.3 is 9.47 Å². The number of nitrogens with zero attached hydrogens (tertiary/aromatic N) is 5. The molecule has 0 aliphatic carbocycles. The number of fused-ring (bicyclic) bond motifs is 1. The molecular formula is C30H36N6O4. The van der Waals surface area contributed by atoms with Crippen LogP contribution in [-0.4, -0.2) is 55.3 Å². The van der Waals surface area contributed by atoms with Crippen molar-refractivity contribution in [3.8, 4) is 22.5 Å².